The van der Waals surface area contributed by atoms with Crippen LogP contribution in [0.15, 0.2) is 66.7 Å². The molecule has 0 amide bonds. The van der Waals surface area contributed by atoms with E-state index in [1.165, 1.54) is 32.9 Å². The first-order valence-electron chi connectivity index (χ1n) is 8.92. The van der Waals surface area contributed by atoms with Crippen LogP contribution in [0.2, 0.25) is 0 Å². The fourth-order valence-electron chi connectivity index (χ4n) is 2.92. The second kappa shape index (κ2) is 7.93. The van der Waals surface area contributed by atoms with Gasteiger partial charge >= 0.3 is 0 Å². The first kappa shape index (κ1) is 17.8. The Balaban J connectivity index is 2.07. The minimum atomic E-state index is -0.623. The molecule has 0 saturated carbocycles. The van der Waals surface area contributed by atoms with E-state index in [4.69, 9.17) is 4.98 Å². The van der Waals surface area contributed by atoms with E-state index < -0.39 is 7.92 Å². The lowest BCUT2D eigenvalue weighted by molar-refractivity contribution is 0.636. The maximum Gasteiger partial charge on any atom is 0.0724 e. The Morgan fingerprint density at radius 3 is 1.76 bits per heavy atom. The third kappa shape index (κ3) is 4.55. The van der Waals surface area contributed by atoms with Gasteiger partial charge in [-0.05, 0) is 48.9 Å². The molecule has 128 valence electrons. The summed E-state index contributed by atoms with van der Waals surface area (Å²) in [6.45, 7) is 8.77. The Labute approximate surface area is 152 Å². The van der Waals surface area contributed by atoms with Gasteiger partial charge in [0.15, 0.2) is 0 Å². The highest BCUT2D eigenvalue weighted by Gasteiger charge is 2.18. The van der Waals surface area contributed by atoms with Crippen LogP contribution in [0.4, 0.5) is 0 Å². The average molecular weight is 347 g/mol. The molecule has 25 heavy (non-hydrogen) atoms. The average Bonchev–Trinajstić information content (AvgIpc) is 2.58. The number of rotatable bonds is 5. The minimum absolute atomic E-state index is 0.618. The van der Waals surface area contributed by atoms with Gasteiger partial charge in [0.1, 0.15) is 0 Å². The number of pyridine rings is 1. The molecule has 1 nitrogen and oxygen atoms in total. The van der Waals surface area contributed by atoms with E-state index >= 15 is 0 Å². The van der Waals surface area contributed by atoms with Crippen LogP contribution in [0, 0.1) is 19.8 Å². The quantitative estimate of drug-likeness (QED) is 0.612. The van der Waals surface area contributed by atoms with Crippen molar-refractivity contribution in [2.45, 2.75) is 34.1 Å². The van der Waals surface area contributed by atoms with Crippen molar-refractivity contribution in [3.8, 4) is 0 Å². The van der Waals surface area contributed by atoms with E-state index in [1.54, 1.807) is 0 Å². The van der Waals surface area contributed by atoms with Crippen LogP contribution in [0.3, 0.4) is 0 Å². The van der Waals surface area contributed by atoms with Crippen molar-refractivity contribution in [3.05, 3.63) is 83.6 Å². The van der Waals surface area contributed by atoms with Gasteiger partial charge in [-0.15, -0.1) is 0 Å². The summed E-state index contributed by atoms with van der Waals surface area (Å²) in [5, 5.41) is 2.72. The van der Waals surface area contributed by atoms with Gasteiger partial charge in [-0.1, -0.05) is 79.6 Å². The number of aryl methyl sites for hydroxylation is 2. The lowest BCUT2D eigenvalue weighted by atomic mass is 10.1. The molecular weight excluding hydrogens is 321 g/mol. The Bertz CT molecular complexity index is 774. The summed E-state index contributed by atoms with van der Waals surface area (Å²) in [6.07, 6.45) is 1.03. The largest absolute Gasteiger partial charge is 0.252 e. The van der Waals surface area contributed by atoms with Crippen molar-refractivity contribution < 1.29 is 0 Å². The molecule has 2 aromatic carbocycles. The maximum absolute atomic E-state index is 5.04. The van der Waals surface area contributed by atoms with E-state index in [0.717, 1.165) is 6.42 Å². The maximum atomic E-state index is 5.04. The van der Waals surface area contributed by atoms with Gasteiger partial charge in [0.25, 0.3) is 0 Å². The second-order valence-electron chi connectivity index (χ2n) is 7.09. The predicted molar refractivity (Wildman–Crippen MR) is 111 cm³/mol. The van der Waals surface area contributed by atoms with Crippen LogP contribution in [0.1, 0.15) is 30.7 Å². The molecule has 1 heterocycles. The number of hydrogen-bond donors (Lipinski definition) is 0. The Morgan fingerprint density at radius 1 is 0.760 bits per heavy atom. The zero-order valence-electron chi connectivity index (χ0n) is 15.5. The molecule has 0 unspecified atom stereocenters. The highest BCUT2D eigenvalue weighted by atomic mass is 31.1. The minimum Gasteiger partial charge on any atom is -0.252 e. The summed E-state index contributed by atoms with van der Waals surface area (Å²) in [7, 11) is -0.623. The fourth-order valence-corrected chi connectivity index (χ4v) is 5.11. The smallest absolute Gasteiger partial charge is 0.0724 e. The Morgan fingerprint density at radius 2 is 1.28 bits per heavy atom. The molecule has 0 aliphatic carbocycles. The summed E-state index contributed by atoms with van der Waals surface area (Å²) in [5.41, 5.74) is 4.98. The van der Waals surface area contributed by atoms with Crippen LogP contribution < -0.4 is 16.0 Å². The van der Waals surface area contributed by atoms with Crippen LogP contribution in [-0.2, 0) is 6.42 Å². The van der Waals surface area contributed by atoms with Gasteiger partial charge in [0.05, 0.1) is 5.44 Å². The molecule has 0 aliphatic rings. The second-order valence-corrected chi connectivity index (χ2v) is 9.25. The molecule has 3 rings (SSSR count). The summed E-state index contributed by atoms with van der Waals surface area (Å²) < 4.78 is 0. The topological polar surface area (TPSA) is 12.9 Å². The number of aromatic nitrogens is 1. The summed E-state index contributed by atoms with van der Waals surface area (Å²) in [5.74, 6) is 0.618. The highest BCUT2D eigenvalue weighted by Crippen LogP contribution is 2.32. The van der Waals surface area contributed by atoms with Crippen molar-refractivity contribution in [1.82, 2.24) is 4.98 Å². The van der Waals surface area contributed by atoms with Crippen molar-refractivity contribution in [2.24, 2.45) is 5.92 Å². The number of benzene rings is 2. The van der Waals surface area contributed by atoms with Gasteiger partial charge in [-0.25, -0.2) is 0 Å². The van der Waals surface area contributed by atoms with E-state index in [1.807, 2.05) is 0 Å². The summed E-state index contributed by atoms with van der Waals surface area (Å²) >= 11 is 0. The molecule has 0 atom stereocenters. The third-order valence-electron chi connectivity index (χ3n) is 4.22. The highest BCUT2D eigenvalue weighted by molar-refractivity contribution is 7.79. The van der Waals surface area contributed by atoms with Gasteiger partial charge in [0, 0.05) is 13.6 Å². The van der Waals surface area contributed by atoms with E-state index in [2.05, 4.69) is 94.4 Å². The lowest BCUT2D eigenvalue weighted by Gasteiger charge is -2.19. The molecule has 0 bridgehead atoms. The molecule has 0 saturated heterocycles. The SMILES string of the molecule is Cc1ccc(P(c2ccc(C)cc2)c2cccc(CC(C)C)n2)cc1. The van der Waals surface area contributed by atoms with Crippen molar-refractivity contribution in [1.29, 1.82) is 0 Å². The molecule has 3 aromatic rings. The Hall–Kier alpha value is -1.98. The molecule has 0 fully saturated rings. The molecule has 0 N–H and O–H groups in total. The molecule has 0 spiro atoms. The van der Waals surface area contributed by atoms with E-state index in [9.17, 15) is 0 Å². The first-order valence-corrected chi connectivity index (χ1v) is 10.3. The predicted octanol–water partition coefficient (Wildman–Crippen LogP) is 4.66. The first-order chi connectivity index (χ1) is 12.0. The van der Waals surface area contributed by atoms with Crippen LogP contribution >= 0.6 is 7.92 Å². The zero-order chi connectivity index (χ0) is 17.8. The molecular formula is C23H26NP. The van der Waals surface area contributed by atoms with E-state index in [0.29, 0.717) is 5.92 Å². The van der Waals surface area contributed by atoms with Gasteiger partial charge in [-0.2, -0.15) is 0 Å². The van der Waals surface area contributed by atoms with Gasteiger partial charge < -0.3 is 0 Å². The molecule has 2 heteroatoms. The summed E-state index contributed by atoms with van der Waals surface area (Å²) in [4.78, 5) is 5.04. The van der Waals surface area contributed by atoms with Crippen molar-refractivity contribution in [3.63, 3.8) is 0 Å². The summed E-state index contributed by atoms with van der Waals surface area (Å²) in [6, 6.07) is 24.4. The molecule has 0 aliphatic heterocycles. The van der Waals surface area contributed by atoms with Crippen molar-refractivity contribution in [2.75, 3.05) is 0 Å². The standard InChI is InChI=1S/C23H26NP/c1-17(2)16-20-6-5-7-23(24-20)25(21-12-8-18(3)9-13-21)22-14-10-19(4)11-15-22/h5-15,17H,16H2,1-4H3. The zero-order valence-corrected chi connectivity index (χ0v) is 16.4. The molecule has 1 aromatic heterocycles. The van der Waals surface area contributed by atoms with Crippen LogP contribution in [-0.4, -0.2) is 4.98 Å². The Kier molecular flexibility index (Phi) is 5.66. The van der Waals surface area contributed by atoms with Gasteiger partial charge in [-0.3, -0.25) is 4.98 Å². The number of hydrogen-bond acceptors (Lipinski definition) is 1. The third-order valence-corrected chi connectivity index (χ3v) is 6.56. The van der Waals surface area contributed by atoms with Gasteiger partial charge in [0.2, 0.25) is 0 Å². The number of nitrogens with zero attached hydrogens (tertiary/aromatic N) is 1. The van der Waals surface area contributed by atoms with E-state index in [-0.39, 0.29) is 0 Å². The van der Waals surface area contributed by atoms with Crippen molar-refractivity contribution >= 4 is 24.0 Å². The monoisotopic (exact) mass is 347 g/mol. The lowest BCUT2D eigenvalue weighted by Crippen LogP contribution is -2.23. The fraction of sp³-hybridized carbons (Fsp3) is 0.261. The molecule has 0 radical (unpaired) electrons. The normalized spacial score (nSPS) is 11.3. The van der Waals surface area contributed by atoms with Crippen LogP contribution in [0.25, 0.3) is 0 Å². The van der Waals surface area contributed by atoms with Crippen LogP contribution in [0.5, 0.6) is 0 Å².